The number of nitrogens with zero attached hydrogens (tertiary/aromatic N) is 2. The van der Waals surface area contributed by atoms with Gasteiger partial charge in [0.15, 0.2) is 0 Å². The molecule has 1 heterocycles. The van der Waals surface area contributed by atoms with E-state index in [2.05, 4.69) is 5.32 Å². The third kappa shape index (κ3) is 3.30. The van der Waals surface area contributed by atoms with Gasteiger partial charge in [0.05, 0.1) is 4.92 Å². The SMILES string of the molecule is CNc1ccc([N+](=O)[O-])c(C(=O)N(C)C2CCOCC2)c1. The average Bonchev–Trinajstić information content (AvgIpc) is 2.53. The molecular weight excluding hydrogens is 274 g/mol. The van der Waals surface area contributed by atoms with Crippen molar-refractivity contribution in [3.8, 4) is 0 Å². The van der Waals surface area contributed by atoms with E-state index in [1.807, 2.05) is 0 Å². The first kappa shape index (κ1) is 15.2. The molecule has 2 rings (SSSR count). The molecule has 1 amide bonds. The molecule has 7 nitrogen and oxygen atoms in total. The summed E-state index contributed by atoms with van der Waals surface area (Å²) in [5, 5.41) is 14.0. The van der Waals surface area contributed by atoms with E-state index in [0.717, 1.165) is 12.8 Å². The van der Waals surface area contributed by atoms with Crippen LogP contribution in [0.15, 0.2) is 18.2 Å². The topological polar surface area (TPSA) is 84.7 Å². The van der Waals surface area contributed by atoms with Crippen LogP contribution in [0, 0.1) is 10.1 Å². The third-order valence-corrected chi connectivity index (χ3v) is 3.77. The fourth-order valence-corrected chi connectivity index (χ4v) is 2.45. The molecule has 0 aromatic heterocycles. The fraction of sp³-hybridized carbons (Fsp3) is 0.500. The molecule has 0 unspecified atom stereocenters. The van der Waals surface area contributed by atoms with Gasteiger partial charge in [-0.3, -0.25) is 14.9 Å². The average molecular weight is 293 g/mol. The van der Waals surface area contributed by atoms with E-state index in [-0.39, 0.29) is 23.2 Å². The molecule has 1 aliphatic rings. The quantitative estimate of drug-likeness (QED) is 0.677. The highest BCUT2D eigenvalue weighted by atomic mass is 16.6. The molecule has 1 aliphatic heterocycles. The van der Waals surface area contributed by atoms with Crippen LogP contribution in [0.25, 0.3) is 0 Å². The maximum absolute atomic E-state index is 12.6. The summed E-state index contributed by atoms with van der Waals surface area (Å²) in [6, 6.07) is 4.53. The first-order valence-corrected chi connectivity index (χ1v) is 6.85. The van der Waals surface area contributed by atoms with Gasteiger partial charge < -0.3 is 15.0 Å². The number of nitro groups is 1. The molecule has 1 N–H and O–H groups in total. The van der Waals surface area contributed by atoms with Gasteiger partial charge in [-0.1, -0.05) is 0 Å². The Morgan fingerprint density at radius 2 is 2.10 bits per heavy atom. The van der Waals surface area contributed by atoms with E-state index in [9.17, 15) is 14.9 Å². The van der Waals surface area contributed by atoms with Gasteiger partial charge in [0, 0.05) is 45.1 Å². The highest BCUT2D eigenvalue weighted by Gasteiger charge is 2.28. The molecule has 0 spiro atoms. The van der Waals surface area contributed by atoms with Crippen LogP contribution < -0.4 is 5.32 Å². The van der Waals surface area contributed by atoms with E-state index in [4.69, 9.17) is 4.74 Å². The van der Waals surface area contributed by atoms with E-state index in [0.29, 0.717) is 18.9 Å². The summed E-state index contributed by atoms with van der Waals surface area (Å²) in [7, 11) is 3.39. The van der Waals surface area contributed by atoms with Crippen molar-refractivity contribution in [3.05, 3.63) is 33.9 Å². The normalized spacial score (nSPS) is 15.5. The molecule has 1 fully saturated rings. The summed E-state index contributed by atoms with van der Waals surface area (Å²) in [4.78, 5) is 24.8. The van der Waals surface area contributed by atoms with E-state index < -0.39 is 4.92 Å². The number of benzene rings is 1. The predicted octanol–water partition coefficient (Wildman–Crippen LogP) is 1.89. The predicted molar refractivity (Wildman–Crippen MR) is 78.6 cm³/mol. The summed E-state index contributed by atoms with van der Waals surface area (Å²) >= 11 is 0. The van der Waals surface area contributed by atoms with Gasteiger partial charge in [-0.25, -0.2) is 0 Å². The lowest BCUT2D eigenvalue weighted by Gasteiger charge is -2.31. The standard InChI is InChI=1S/C14H19N3O4/c1-15-10-3-4-13(17(19)20)12(9-10)14(18)16(2)11-5-7-21-8-6-11/h3-4,9,11,15H,5-8H2,1-2H3. The smallest absolute Gasteiger partial charge is 0.282 e. The van der Waals surface area contributed by atoms with Crippen molar-refractivity contribution in [2.45, 2.75) is 18.9 Å². The molecule has 1 aromatic rings. The summed E-state index contributed by atoms with van der Waals surface area (Å²) in [5.41, 5.74) is 0.614. The molecule has 7 heteroatoms. The van der Waals surface area contributed by atoms with Crippen molar-refractivity contribution in [1.82, 2.24) is 4.90 Å². The van der Waals surface area contributed by atoms with Crippen LogP contribution in [0.1, 0.15) is 23.2 Å². The van der Waals surface area contributed by atoms with Crippen molar-refractivity contribution in [2.75, 3.05) is 32.6 Å². The number of carbonyl (C=O) groups is 1. The molecule has 1 saturated heterocycles. The Hall–Kier alpha value is -2.15. The minimum atomic E-state index is -0.523. The Bertz CT molecular complexity index is 541. The van der Waals surface area contributed by atoms with Crippen molar-refractivity contribution in [2.24, 2.45) is 0 Å². The Morgan fingerprint density at radius 3 is 2.67 bits per heavy atom. The van der Waals surface area contributed by atoms with Gasteiger partial charge in [-0.05, 0) is 25.0 Å². The number of rotatable bonds is 4. The fourth-order valence-electron chi connectivity index (χ4n) is 2.45. The van der Waals surface area contributed by atoms with Gasteiger partial charge in [0.1, 0.15) is 5.56 Å². The van der Waals surface area contributed by atoms with Crippen LogP contribution >= 0.6 is 0 Å². The van der Waals surface area contributed by atoms with Crippen LogP contribution in [0.4, 0.5) is 11.4 Å². The third-order valence-electron chi connectivity index (χ3n) is 3.77. The molecule has 1 aromatic carbocycles. The lowest BCUT2D eigenvalue weighted by Crippen LogP contribution is -2.40. The second-order valence-electron chi connectivity index (χ2n) is 5.00. The van der Waals surface area contributed by atoms with Crippen LogP contribution in [0.3, 0.4) is 0 Å². The molecule has 0 aliphatic carbocycles. The molecule has 0 radical (unpaired) electrons. The summed E-state index contributed by atoms with van der Waals surface area (Å²) < 4.78 is 5.28. The zero-order chi connectivity index (χ0) is 15.4. The van der Waals surface area contributed by atoms with Gasteiger partial charge >= 0.3 is 0 Å². The minimum Gasteiger partial charge on any atom is -0.388 e. The van der Waals surface area contributed by atoms with E-state index in [1.165, 1.54) is 12.1 Å². The van der Waals surface area contributed by atoms with Crippen molar-refractivity contribution in [3.63, 3.8) is 0 Å². The number of amides is 1. The van der Waals surface area contributed by atoms with Gasteiger partial charge in [-0.2, -0.15) is 0 Å². The second kappa shape index (κ2) is 6.53. The van der Waals surface area contributed by atoms with Gasteiger partial charge in [0.25, 0.3) is 11.6 Å². The zero-order valence-electron chi connectivity index (χ0n) is 12.2. The second-order valence-corrected chi connectivity index (χ2v) is 5.00. The molecular formula is C14H19N3O4. The molecule has 114 valence electrons. The first-order valence-electron chi connectivity index (χ1n) is 6.85. The van der Waals surface area contributed by atoms with E-state index in [1.54, 1.807) is 25.1 Å². The summed E-state index contributed by atoms with van der Waals surface area (Å²) in [6.45, 7) is 1.22. The summed E-state index contributed by atoms with van der Waals surface area (Å²) in [5.74, 6) is -0.328. The molecule has 21 heavy (non-hydrogen) atoms. The Labute approximate surface area is 123 Å². The number of nitrogens with one attached hydrogen (secondary N) is 1. The van der Waals surface area contributed by atoms with E-state index >= 15 is 0 Å². The maximum atomic E-state index is 12.6. The molecule has 0 bridgehead atoms. The largest absolute Gasteiger partial charge is 0.388 e. The monoisotopic (exact) mass is 293 g/mol. The van der Waals surface area contributed by atoms with Gasteiger partial charge in [-0.15, -0.1) is 0 Å². The highest BCUT2D eigenvalue weighted by molar-refractivity contribution is 5.99. The number of ether oxygens (including phenoxy) is 1. The van der Waals surface area contributed by atoms with Gasteiger partial charge in [0.2, 0.25) is 0 Å². The number of carbonyl (C=O) groups excluding carboxylic acids is 1. The number of nitro benzene ring substituents is 1. The number of hydrogen-bond donors (Lipinski definition) is 1. The molecule has 0 atom stereocenters. The molecule has 0 saturated carbocycles. The van der Waals surface area contributed by atoms with Crippen molar-refractivity contribution < 1.29 is 14.5 Å². The van der Waals surface area contributed by atoms with Crippen LogP contribution in [-0.2, 0) is 4.74 Å². The van der Waals surface area contributed by atoms with Crippen LogP contribution in [0.5, 0.6) is 0 Å². The van der Waals surface area contributed by atoms with Crippen LogP contribution in [0.2, 0.25) is 0 Å². The number of anilines is 1. The summed E-state index contributed by atoms with van der Waals surface area (Å²) in [6.07, 6.45) is 1.50. The lowest BCUT2D eigenvalue weighted by molar-refractivity contribution is -0.385. The Morgan fingerprint density at radius 1 is 1.43 bits per heavy atom. The van der Waals surface area contributed by atoms with Crippen molar-refractivity contribution in [1.29, 1.82) is 0 Å². The van der Waals surface area contributed by atoms with Crippen molar-refractivity contribution >= 4 is 17.3 Å². The Balaban J connectivity index is 2.29. The minimum absolute atomic E-state index is 0.0593. The number of hydrogen-bond acceptors (Lipinski definition) is 5. The zero-order valence-corrected chi connectivity index (χ0v) is 12.2. The lowest BCUT2D eigenvalue weighted by atomic mass is 10.1. The highest BCUT2D eigenvalue weighted by Crippen LogP contribution is 2.25. The maximum Gasteiger partial charge on any atom is 0.282 e. The first-order chi connectivity index (χ1) is 10.0. The van der Waals surface area contributed by atoms with Crippen LogP contribution in [-0.4, -0.2) is 49.1 Å². The Kier molecular flexibility index (Phi) is 4.74.